The summed E-state index contributed by atoms with van der Waals surface area (Å²) in [7, 11) is 0. The molecule has 4 nitrogen and oxygen atoms in total. The van der Waals surface area contributed by atoms with E-state index >= 15 is 0 Å². The molecule has 0 saturated carbocycles. The molecule has 0 aromatic heterocycles. The molecule has 1 aromatic carbocycles. The normalized spacial score (nSPS) is 10.6. The molecular formula is C14H16O4. The Labute approximate surface area is 106 Å². The molecule has 96 valence electrons. The first-order valence-corrected chi connectivity index (χ1v) is 5.55. The third-order valence-corrected chi connectivity index (χ3v) is 2.90. The first-order valence-electron chi connectivity index (χ1n) is 5.55. The molecule has 4 heteroatoms. The highest BCUT2D eigenvalue weighted by molar-refractivity contribution is 5.90. The third-order valence-electron chi connectivity index (χ3n) is 2.90. The molecule has 0 unspecified atom stereocenters. The van der Waals surface area contributed by atoms with Crippen molar-refractivity contribution in [3.05, 3.63) is 46.5 Å². The maximum absolute atomic E-state index is 11.2. The summed E-state index contributed by atoms with van der Waals surface area (Å²) in [5.41, 5.74) is 4.37. The average molecular weight is 248 g/mol. The fourth-order valence-electron chi connectivity index (χ4n) is 1.50. The monoisotopic (exact) mass is 248 g/mol. The second-order valence-corrected chi connectivity index (χ2v) is 4.07. The molecule has 1 rings (SSSR count). The van der Waals surface area contributed by atoms with Crippen LogP contribution in [0.2, 0.25) is 0 Å². The maximum atomic E-state index is 11.2. The molecule has 1 aromatic rings. The summed E-state index contributed by atoms with van der Waals surface area (Å²) >= 11 is 0. The largest absolute Gasteiger partial charge is 0.478 e. The molecule has 0 bridgehead atoms. The van der Waals surface area contributed by atoms with Crippen LogP contribution in [0.5, 0.6) is 0 Å². The fraction of sp³-hybridized carbons (Fsp3) is 0.286. The van der Waals surface area contributed by atoms with Crippen LogP contribution in [-0.4, -0.2) is 17.0 Å². The van der Waals surface area contributed by atoms with Crippen LogP contribution in [0.3, 0.4) is 0 Å². The molecule has 0 radical (unpaired) electrons. The molecule has 0 fully saturated rings. The summed E-state index contributed by atoms with van der Waals surface area (Å²) in [6, 6.07) is 3.88. The van der Waals surface area contributed by atoms with Gasteiger partial charge in [0.05, 0.1) is 0 Å². The summed E-state index contributed by atoms with van der Waals surface area (Å²) in [4.78, 5) is 21.4. The summed E-state index contributed by atoms with van der Waals surface area (Å²) in [5, 5.41) is 8.36. The van der Waals surface area contributed by atoms with Crippen LogP contribution in [0.4, 0.5) is 0 Å². The molecule has 0 aliphatic carbocycles. The first kappa shape index (κ1) is 14.0. The molecule has 0 heterocycles. The van der Waals surface area contributed by atoms with Crippen molar-refractivity contribution < 1.29 is 19.4 Å². The topological polar surface area (TPSA) is 63.6 Å². The number of hydrogen-bond donors (Lipinski definition) is 1. The van der Waals surface area contributed by atoms with Crippen LogP contribution < -0.4 is 0 Å². The van der Waals surface area contributed by atoms with Gasteiger partial charge in [-0.2, -0.15) is 0 Å². The zero-order valence-corrected chi connectivity index (χ0v) is 10.7. The zero-order chi connectivity index (χ0) is 13.7. The molecule has 18 heavy (non-hydrogen) atoms. The highest BCUT2D eigenvalue weighted by Crippen LogP contribution is 2.17. The Morgan fingerprint density at radius 2 is 1.83 bits per heavy atom. The van der Waals surface area contributed by atoms with E-state index in [2.05, 4.69) is 0 Å². The lowest BCUT2D eigenvalue weighted by Gasteiger charge is -2.10. The summed E-state index contributed by atoms with van der Waals surface area (Å²) in [6.07, 6.45) is 1.66. The molecule has 0 saturated heterocycles. The number of carboxylic acids is 1. The van der Waals surface area contributed by atoms with Crippen molar-refractivity contribution in [2.24, 2.45) is 0 Å². The minimum atomic E-state index is -1.17. The van der Waals surface area contributed by atoms with E-state index in [9.17, 15) is 9.59 Å². The average Bonchev–Trinajstić information content (AvgIpc) is 2.32. The molecule has 0 aliphatic rings. The van der Waals surface area contributed by atoms with Gasteiger partial charge in [-0.3, -0.25) is 0 Å². The first-order chi connectivity index (χ1) is 8.41. The number of rotatable bonds is 4. The highest BCUT2D eigenvalue weighted by Gasteiger charge is 2.06. The lowest BCUT2D eigenvalue weighted by atomic mass is 9.99. The van der Waals surface area contributed by atoms with Gasteiger partial charge in [0.2, 0.25) is 0 Å². The van der Waals surface area contributed by atoms with Crippen molar-refractivity contribution in [2.45, 2.75) is 27.4 Å². The van der Waals surface area contributed by atoms with Crippen LogP contribution in [0.1, 0.15) is 22.3 Å². The smallest absolute Gasteiger partial charge is 0.331 e. The Bertz CT molecular complexity index is 501. The number of carbonyl (C=O) groups is 2. The number of aliphatic carboxylic acids is 1. The molecule has 1 N–H and O–H groups in total. The van der Waals surface area contributed by atoms with Crippen LogP contribution in [0, 0.1) is 20.8 Å². The molecule has 0 spiro atoms. The van der Waals surface area contributed by atoms with Gasteiger partial charge in [-0.25, -0.2) is 9.59 Å². The predicted octanol–water partition coefficient (Wildman–Crippen LogP) is 2.30. The number of aryl methyl sites for hydroxylation is 1. The van der Waals surface area contributed by atoms with Crippen LogP contribution >= 0.6 is 0 Å². The van der Waals surface area contributed by atoms with Crippen LogP contribution in [-0.2, 0) is 20.9 Å². The Morgan fingerprint density at radius 3 is 2.44 bits per heavy atom. The minimum Gasteiger partial charge on any atom is -0.478 e. The number of benzene rings is 1. The van der Waals surface area contributed by atoms with Crippen molar-refractivity contribution in [1.82, 2.24) is 0 Å². The number of esters is 1. The Balaban J connectivity index is 2.67. The van der Waals surface area contributed by atoms with E-state index in [1.165, 1.54) is 11.1 Å². The van der Waals surface area contributed by atoms with Gasteiger partial charge in [-0.05, 0) is 43.0 Å². The van der Waals surface area contributed by atoms with Gasteiger partial charge >= 0.3 is 11.9 Å². The van der Waals surface area contributed by atoms with Crippen molar-refractivity contribution in [1.29, 1.82) is 0 Å². The number of ether oxygens (including phenoxy) is 1. The van der Waals surface area contributed by atoms with Crippen molar-refractivity contribution in [3.8, 4) is 0 Å². The van der Waals surface area contributed by atoms with E-state index in [1.54, 1.807) is 0 Å². The highest BCUT2D eigenvalue weighted by atomic mass is 16.5. The van der Waals surface area contributed by atoms with E-state index in [4.69, 9.17) is 9.84 Å². The number of carbonyl (C=O) groups excluding carboxylic acids is 1. The van der Waals surface area contributed by atoms with Gasteiger partial charge in [0.1, 0.15) is 6.61 Å². The van der Waals surface area contributed by atoms with E-state index in [0.717, 1.165) is 23.3 Å². The minimum absolute atomic E-state index is 0.149. The lowest BCUT2D eigenvalue weighted by molar-refractivity contribution is -0.139. The van der Waals surface area contributed by atoms with Crippen molar-refractivity contribution in [3.63, 3.8) is 0 Å². The fourth-order valence-corrected chi connectivity index (χ4v) is 1.50. The second kappa shape index (κ2) is 6.00. The van der Waals surface area contributed by atoms with Crippen molar-refractivity contribution in [2.75, 3.05) is 0 Å². The summed E-state index contributed by atoms with van der Waals surface area (Å²) in [5.74, 6) is -1.83. The lowest BCUT2D eigenvalue weighted by Crippen LogP contribution is -2.04. The van der Waals surface area contributed by atoms with E-state index < -0.39 is 11.9 Å². The summed E-state index contributed by atoms with van der Waals surface area (Å²) < 4.78 is 4.97. The van der Waals surface area contributed by atoms with Gasteiger partial charge < -0.3 is 9.84 Å². The molecule has 0 atom stereocenters. The number of hydrogen-bond acceptors (Lipinski definition) is 3. The van der Waals surface area contributed by atoms with E-state index in [0.29, 0.717) is 0 Å². The SMILES string of the molecule is Cc1ccc(COC(=O)/C=C\C(=O)O)c(C)c1C. The Kier molecular flexibility index (Phi) is 4.66. The Morgan fingerprint density at radius 1 is 1.17 bits per heavy atom. The van der Waals surface area contributed by atoms with E-state index in [1.807, 2.05) is 32.9 Å². The molecule has 0 aliphatic heterocycles. The standard InChI is InChI=1S/C14H16O4/c1-9-4-5-12(11(3)10(9)2)8-18-14(17)7-6-13(15)16/h4-7H,8H2,1-3H3,(H,15,16)/b7-6-. The molecular weight excluding hydrogens is 232 g/mol. The van der Waals surface area contributed by atoms with Crippen molar-refractivity contribution >= 4 is 11.9 Å². The van der Waals surface area contributed by atoms with Gasteiger partial charge in [-0.1, -0.05) is 12.1 Å². The van der Waals surface area contributed by atoms with E-state index in [-0.39, 0.29) is 6.61 Å². The number of carboxylic acid groups (broad SMARTS) is 1. The quantitative estimate of drug-likeness (QED) is 0.656. The van der Waals surface area contributed by atoms with Crippen LogP contribution in [0.25, 0.3) is 0 Å². The van der Waals surface area contributed by atoms with Gasteiger partial charge in [0, 0.05) is 12.2 Å². The van der Waals surface area contributed by atoms with Gasteiger partial charge in [0.15, 0.2) is 0 Å². The molecule has 0 amide bonds. The maximum Gasteiger partial charge on any atom is 0.331 e. The Hall–Kier alpha value is -2.10. The zero-order valence-electron chi connectivity index (χ0n) is 10.7. The summed E-state index contributed by atoms with van der Waals surface area (Å²) in [6.45, 7) is 6.16. The third kappa shape index (κ3) is 3.73. The van der Waals surface area contributed by atoms with Crippen LogP contribution in [0.15, 0.2) is 24.3 Å². The second-order valence-electron chi connectivity index (χ2n) is 4.07. The van der Waals surface area contributed by atoms with Gasteiger partial charge in [-0.15, -0.1) is 0 Å². The van der Waals surface area contributed by atoms with Gasteiger partial charge in [0.25, 0.3) is 0 Å². The predicted molar refractivity (Wildman–Crippen MR) is 67.2 cm³/mol.